The molecule has 0 aliphatic carbocycles. The second-order valence-electron chi connectivity index (χ2n) is 8.35. The van der Waals surface area contributed by atoms with E-state index < -0.39 is 52.7 Å². The molecule has 2 aromatic carbocycles. The van der Waals surface area contributed by atoms with Crippen LogP contribution >= 0.6 is 0 Å². The van der Waals surface area contributed by atoms with Crippen LogP contribution in [0.5, 0.6) is 5.75 Å². The van der Waals surface area contributed by atoms with Gasteiger partial charge in [-0.05, 0) is 36.6 Å². The Kier molecular flexibility index (Phi) is 5.18. The van der Waals surface area contributed by atoms with E-state index in [0.29, 0.717) is 16.7 Å². The number of nitro benzene ring substituents is 1. The number of benzene rings is 2. The number of aromatic hydroxyl groups is 1. The molecule has 0 saturated carbocycles. The van der Waals surface area contributed by atoms with E-state index >= 15 is 0 Å². The quantitative estimate of drug-likeness (QED) is 0.294. The number of carbonyl (C=O) groups excluding carboxylic acids is 2. The fourth-order valence-electron chi connectivity index (χ4n) is 4.87. The number of amides is 2. The third-order valence-electron chi connectivity index (χ3n) is 6.46. The summed E-state index contributed by atoms with van der Waals surface area (Å²) in [6, 6.07) is 7.15. The second kappa shape index (κ2) is 7.64. The van der Waals surface area contributed by atoms with Crippen LogP contribution in [0, 0.1) is 35.8 Å². The lowest BCUT2D eigenvalue weighted by atomic mass is 9.79. The number of aryl methyl sites for hydroxylation is 2. The lowest BCUT2D eigenvalue weighted by Crippen LogP contribution is -2.58. The van der Waals surface area contributed by atoms with Crippen LogP contribution in [0.1, 0.15) is 22.7 Å². The molecule has 0 spiro atoms. The van der Waals surface area contributed by atoms with E-state index in [9.17, 15) is 39.8 Å². The van der Waals surface area contributed by atoms with Gasteiger partial charge in [0.15, 0.2) is 5.54 Å². The lowest BCUT2D eigenvalue weighted by molar-refractivity contribution is -0.384. The van der Waals surface area contributed by atoms with E-state index in [2.05, 4.69) is 5.32 Å². The topological polar surface area (TPSA) is 170 Å². The number of imide groups is 1. The van der Waals surface area contributed by atoms with Crippen molar-refractivity contribution in [3.8, 4) is 5.75 Å². The summed E-state index contributed by atoms with van der Waals surface area (Å²) in [4.78, 5) is 50.4. The van der Waals surface area contributed by atoms with Gasteiger partial charge in [0.05, 0.1) is 29.1 Å². The van der Waals surface area contributed by atoms with Crippen molar-refractivity contribution in [3.05, 3.63) is 63.2 Å². The van der Waals surface area contributed by atoms with Crippen LogP contribution in [-0.4, -0.2) is 50.2 Å². The molecule has 4 atom stereocenters. The number of non-ortho nitro benzene ring substituents is 1. The Morgan fingerprint density at radius 2 is 1.82 bits per heavy atom. The van der Waals surface area contributed by atoms with Crippen LogP contribution in [0.25, 0.3) is 0 Å². The van der Waals surface area contributed by atoms with E-state index in [0.717, 1.165) is 11.0 Å². The molecular formula is C22H21N3O8. The number of carboxylic acids is 1. The Morgan fingerprint density at radius 3 is 2.36 bits per heavy atom. The van der Waals surface area contributed by atoms with Crippen LogP contribution in [0.3, 0.4) is 0 Å². The Balaban J connectivity index is 1.87. The minimum Gasteiger partial charge on any atom is -0.507 e. The molecule has 0 radical (unpaired) electrons. The van der Waals surface area contributed by atoms with Crippen molar-refractivity contribution >= 4 is 29.2 Å². The van der Waals surface area contributed by atoms with Crippen molar-refractivity contribution in [1.29, 1.82) is 0 Å². The van der Waals surface area contributed by atoms with Crippen molar-refractivity contribution in [1.82, 2.24) is 5.32 Å². The first-order valence-electron chi connectivity index (χ1n) is 10.1. The maximum absolute atomic E-state index is 13.5. The third kappa shape index (κ3) is 3.16. The zero-order valence-corrected chi connectivity index (χ0v) is 17.7. The van der Waals surface area contributed by atoms with Gasteiger partial charge in [-0.15, -0.1) is 0 Å². The van der Waals surface area contributed by atoms with Crippen molar-refractivity contribution in [2.24, 2.45) is 11.8 Å². The van der Waals surface area contributed by atoms with Gasteiger partial charge in [-0.1, -0.05) is 18.2 Å². The van der Waals surface area contributed by atoms with Crippen molar-refractivity contribution in [2.45, 2.75) is 25.4 Å². The number of aliphatic hydroxyl groups is 1. The Morgan fingerprint density at radius 1 is 1.18 bits per heavy atom. The number of carbonyl (C=O) groups is 3. The molecule has 2 aliphatic heterocycles. The molecule has 2 heterocycles. The number of hydrogen-bond donors (Lipinski definition) is 4. The number of carboxylic acid groups (broad SMARTS) is 1. The van der Waals surface area contributed by atoms with Gasteiger partial charge >= 0.3 is 5.97 Å². The molecule has 172 valence electrons. The molecule has 2 amide bonds. The highest BCUT2D eigenvalue weighted by molar-refractivity contribution is 6.24. The van der Waals surface area contributed by atoms with Gasteiger partial charge in [0, 0.05) is 18.2 Å². The summed E-state index contributed by atoms with van der Waals surface area (Å²) in [6.45, 7) is 2.33. The van der Waals surface area contributed by atoms with Crippen LogP contribution in [0.15, 0.2) is 36.4 Å². The van der Waals surface area contributed by atoms with Gasteiger partial charge in [0.1, 0.15) is 5.75 Å². The molecule has 0 aromatic heterocycles. The van der Waals surface area contributed by atoms with Crippen LogP contribution in [-0.2, 0) is 14.4 Å². The van der Waals surface area contributed by atoms with Gasteiger partial charge in [-0.25, -0.2) is 4.90 Å². The maximum Gasteiger partial charge on any atom is 0.327 e. The standard InChI is InChI=1S/C22H21N3O8/c1-10-6-12(7-11(2)18(10)27)17-15-16(22(9-26,23-17)21(30)31)20(29)24(19(15)28)13-4-3-5-14(8-13)25(32)33/h3-8,15-17,23,26-27H,9H2,1-2H3,(H,30,31). The number of rotatable bonds is 5. The first-order valence-corrected chi connectivity index (χ1v) is 10.1. The number of nitrogens with zero attached hydrogens (tertiary/aromatic N) is 2. The highest BCUT2D eigenvalue weighted by Gasteiger charge is 2.68. The molecule has 2 aliphatic rings. The average molecular weight is 455 g/mol. The second-order valence-corrected chi connectivity index (χ2v) is 8.35. The number of fused-ring (bicyclic) bond motifs is 1. The minimum atomic E-state index is -2.14. The van der Waals surface area contributed by atoms with Crippen LogP contribution in [0.2, 0.25) is 0 Å². The molecule has 4 unspecified atom stereocenters. The summed E-state index contributed by atoms with van der Waals surface area (Å²) >= 11 is 0. The summed E-state index contributed by atoms with van der Waals surface area (Å²) in [5, 5.41) is 44.1. The molecular weight excluding hydrogens is 434 g/mol. The zero-order chi connectivity index (χ0) is 24.2. The molecule has 4 rings (SSSR count). The Labute approximate surface area is 187 Å². The van der Waals surface area contributed by atoms with Crippen LogP contribution in [0.4, 0.5) is 11.4 Å². The van der Waals surface area contributed by atoms with Crippen molar-refractivity contribution in [3.63, 3.8) is 0 Å². The maximum atomic E-state index is 13.5. The molecule has 2 aromatic rings. The van der Waals surface area contributed by atoms with Gasteiger partial charge in [0.25, 0.3) is 5.69 Å². The SMILES string of the molecule is Cc1cc(C2NC(CO)(C(=O)O)C3C(=O)N(c4cccc([N+](=O)[O-])c4)C(=O)C23)cc(C)c1O. The highest BCUT2D eigenvalue weighted by Crippen LogP contribution is 2.50. The predicted molar refractivity (Wildman–Crippen MR) is 113 cm³/mol. The van der Waals surface area contributed by atoms with Gasteiger partial charge in [-0.3, -0.25) is 29.8 Å². The number of phenolic OH excluding ortho intramolecular Hbond substituents is 1. The van der Waals surface area contributed by atoms with Crippen molar-refractivity contribution in [2.75, 3.05) is 11.5 Å². The molecule has 11 nitrogen and oxygen atoms in total. The summed E-state index contributed by atoms with van der Waals surface area (Å²) in [5.41, 5.74) is -1.08. The molecule has 2 saturated heterocycles. The van der Waals surface area contributed by atoms with Gasteiger partial charge in [-0.2, -0.15) is 0 Å². The monoisotopic (exact) mass is 455 g/mol. The molecule has 2 fully saturated rings. The molecule has 4 N–H and O–H groups in total. The number of nitrogens with one attached hydrogen (secondary N) is 1. The number of phenols is 1. The smallest absolute Gasteiger partial charge is 0.327 e. The number of anilines is 1. The summed E-state index contributed by atoms with van der Waals surface area (Å²) < 4.78 is 0. The fraction of sp³-hybridized carbons (Fsp3) is 0.318. The number of hydrogen-bond acceptors (Lipinski definition) is 8. The molecule has 0 bridgehead atoms. The van der Waals surface area contributed by atoms with E-state index in [-0.39, 0.29) is 17.1 Å². The van der Waals surface area contributed by atoms with E-state index in [4.69, 9.17) is 0 Å². The van der Waals surface area contributed by atoms with Crippen molar-refractivity contribution < 1.29 is 34.6 Å². The van der Waals surface area contributed by atoms with E-state index in [1.165, 1.54) is 18.2 Å². The first kappa shape index (κ1) is 22.4. The lowest BCUT2D eigenvalue weighted by Gasteiger charge is -2.29. The Bertz CT molecular complexity index is 1190. The third-order valence-corrected chi connectivity index (χ3v) is 6.46. The summed E-state index contributed by atoms with van der Waals surface area (Å²) in [7, 11) is 0. The molecule has 11 heteroatoms. The normalized spacial score (nSPS) is 26.5. The average Bonchev–Trinajstić information content (AvgIpc) is 3.26. The Hall–Kier alpha value is -3.83. The highest BCUT2D eigenvalue weighted by atomic mass is 16.6. The van der Waals surface area contributed by atoms with E-state index in [1.807, 2.05) is 0 Å². The fourth-order valence-corrected chi connectivity index (χ4v) is 4.87. The predicted octanol–water partition coefficient (Wildman–Crippen LogP) is 1.18. The summed E-state index contributed by atoms with van der Waals surface area (Å²) in [5.74, 6) is -5.70. The van der Waals surface area contributed by atoms with E-state index in [1.54, 1.807) is 26.0 Å². The zero-order valence-electron chi connectivity index (χ0n) is 17.7. The molecule has 33 heavy (non-hydrogen) atoms. The van der Waals surface area contributed by atoms with Gasteiger partial charge in [0.2, 0.25) is 11.8 Å². The number of aliphatic hydroxyl groups excluding tert-OH is 1. The first-order chi connectivity index (χ1) is 15.5. The van der Waals surface area contributed by atoms with Crippen LogP contribution < -0.4 is 10.2 Å². The number of nitro groups is 1. The summed E-state index contributed by atoms with van der Waals surface area (Å²) in [6.07, 6.45) is 0. The largest absolute Gasteiger partial charge is 0.507 e. The number of aliphatic carboxylic acids is 1. The minimum absolute atomic E-state index is 0.0481. The van der Waals surface area contributed by atoms with Gasteiger partial charge < -0.3 is 15.3 Å².